The molecule has 0 spiro atoms. The highest BCUT2D eigenvalue weighted by Crippen LogP contribution is 1.95. The Hall–Kier alpha value is -0.610. The average molecular weight is 161 g/mol. The van der Waals surface area contributed by atoms with E-state index in [2.05, 4.69) is 0 Å². The molecule has 0 fully saturated rings. The Morgan fingerprint density at radius 3 is 2.55 bits per heavy atom. The van der Waals surface area contributed by atoms with Crippen LogP contribution in [-0.2, 0) is 9.53 Å². The largest absolute Gasteiger partial charge is 0.462 e. The predicted molar refractivity (Wildman–Crippen MR) is 40.9 cm³/mol. The van der Waals surface area contributed by atoms with E-state index in [-0.39, 0.29) is 19.1 Å². The topological polar surface area (TPSA) is 72.5 Å². The lowest BCUT2D eigenvalue weighted by atomic mass is 10.2. The van der Waals surface area contributed by atoms with Gasteiger partial charge in [0, 0.05) is 6.61 Å². The molecule has 0 aliphatic heterocycles. The molecular formula is C7H15NO3. The minimum atomic E-state index is -0.692. The van der Waals surface area contributed by atoms with Crippen LogP contribution in [0.2, 0.25) is 0 Å². The average Bonchev–Trinajstić information content (AvgIpc) is 1.86. The molecule has 0 aliphatic carbocycles. The molecule has 4 nitrogen and oxygen atoms in total. The standard InChI is InChI=1S/C7H15NO3/c1-5(2)11-7(10)6(8)3-4-9/h5-6,9H,3-4,8H2,1-2H3/t6-/m0/s1. The van der Waals surface area contributed by atoms with Crippen LogP contribution in [0.15, 0.2) is 0 Å². The van der Waals surface area contributed by atoms with Crippen molar-refractivity contribution in [3.8, 4) is 0 Å². The van der Waals surface area contributed by atoms with Crippen molar-refractivity contribution in [2.24, 2.45) is 5.73 Å². The molecule has 0 aromatic carbocycles. The molecule has 11 heavy (non-hydrogen) atoms. The number of rotatable bonds is 4. The van der Waals surface area contributed by atoms with Gasteiger partial charge in [0.15, 0.2) is 0 Å². The molecule has 0 unspecified atom stereocenters. The first-order chi connectivity index (χ1) is 5.07. The maximum absolute atomic E-state index is 10.9. The number of hydrogen-bond donors (Lipinski definition) is 2. The third-order valence-corrected chi connectivity index (χ3v) is 1.09. The van der Waals surface area contributed by atoms with Crippen LogP contribution in [0.5, 0.6) is 0 Å². The van der Waals surface area contributed by atoms with Crippen LogP contribution in [0, 0.1) is 0 Å². The molecule has 0 rings (SSSR count). The minimum absolute atomic E-state index is 0.0889. The number of hydrogen-bond acceptors (Lipinski definition) is 4. The second-order valence-corrected chi connectivity index (χ2v) is 2.60. The molecule has 0 saturated heterocycles. The van der Waals surface area contributed by atoms with Crippen molar-refractivity contribution in [3.05, 3.63) is 0 Å². The van der Waals surface area contributed by atoms with Crippen molar-refractivity contribution < 1.29 is 14.6 Å². The van der Waals surface area contributed by atoms with Crippen LogP contribution >= 0.6 is 0 Å². The second-order valence-electron chi connectivity index (χ2n) is 2.60. The van der Waals surface area contributed by atoms with Crippen LogP contribution in [-0.4, -0.2) is 29.8 Å². The number of carbonyl (C=O) groups is 1. The van der Waals surface area contributed by atoms with E-state index in [1.54, 1.807) is 13.8 Å². The first-order valence-corrected chi connectivity index (χ1v) is 3.65. The second kappa shape index (κ2) is 5.09. The molecule has 0 aromatic rings. The Morgan fingerprint density at radius 2 is 2.18 bits per heavy atom. The zero-order valence-electron chi connectivity index (χ0n) is 6.91. The van der Waals surface area contributed by atoms with Crippen molar-refractivity contribution in [1.82, 2.24) is 0 Å². The lowest BCUT2D eigenvalue weighted by Gasteiger charge is -2.12. The molecule has 0 aromatic heterocycles. The van der Waals surface area contributed by atoms with Crippen molar-refractivity contribution in [2.45, 2.75) is 32.4 Å². The highest BCUT2D eigenvalue weighted by Gasteiger charge is 2.14. The van der Waals surface area contributed by atoms with Crippen molar-refractivity contribution in [3.63, 3.8) is 0 Å². The number of esters is 1. The van der Waals surface area contributed by atoms with Gasteiger partial charge >= 0.3 is 5.97 Å². The predicted octanol–water partition coefficient (Wildman–Crippen LogP) is -0.352. The van der Waals surface area contributed by atoms with Gasteiger partial charge in [0.2, 0.25) is 0 Å². The summed E-state index contributed by atoms with van der Waals surface area (Å²) in [7, 11) is 0. The zero-order chi connectivity index (χ0) is 8.85. The van der Waals surface area contributed by atoms with E-state index in [9.17, 15) is 4.79 Å². The fourth-order valence-electron chi connectivity index (χ4n) is 0.577. The molecule has 0 amide bonds. The van der Waals surface area contributed by atoms with Crippen molar-refractivity contribution in [2.75, 3.05) is 6.61 Å². The fourth-order valence-corrected chi connectivity index (χ4v) is 0.577. The summed E-state index contributed by atoms with van der Waals surface area (Å²) < 4.78 is 4.79. The number of ether oxygens (including phenoxy) is 1. The zero-order valence-corrected chi connectivity index (χ0v) is 6.91. The highest BCUT2D eigenvalue weighted by atomic mass is 16.5. The maximum atomic E-state index is 10.9. The van der Waals surface area contributed by atoms with E-state index in [1.165, 1.54) is 0 Å². The smallest absolute Gasteiger partial charge is 0.323 e. The number of carbonyl (C=O) groups excluding carboxylic acids is 1. The van der Waals surface area contributed by atoms with Crippen LogP contribution in [0.4, 0.5) is 0 Å². The van der Waals surface area contributed by atoms with Crippen molar-refractivity contribution >= 4 is 5.97 Å². The normalized spacial score (nSPS) is 13.2. The summed E-state index contributed by atoms with van der Waals surface area (Å²) in [6.45, 7) is 3.42. The highest BCUT2D eigenvalue weighted by molar-refractivity contribution is 5.75. The summed E-state index contributed by atoms with van der Waals surface area (Å²) in [4.78, 5) is 10.9. The summed E-state index contributed by atoms with van der Waals surface area (Å²) in [5.74, 6) is -0.450. The molecule has 0 heterocycles. The third kappa shape index (κ3) is 4.75. The van der Waals surface area contributed by atoms with Gasteiger partial charge in [0.25, 0.3) is 0 Å². The first-order valence-electron chi connectivity index (χ1n) is 3.65. The molecule has 4 heteroatoms. The van der Waals surface area contributed by atoms with Gasteiger partial charge in [-0.2, -0.15) is 0 Å². The molecule has 0 aliphatic rings. The molecule has 0 radical (unpaired) electrons. The summed E-state index contributed by atoms with van der Waals surface area (Å²) in [5.41, 5.74) is 5.34. The lowest BCUT2D eigenvalue weighted by Crippen LogP contribution is -2.34. The molecule has 0 bridgehead atoms. The van der Waals surface area contributed by atoms with E-state index < -0.39 is 12.0 Å². The molecule has 0 saturated carbocycles. The maximum Gasteiger partial charge on any atom is 0.323 e. The first kappa shape index (κ1) is 10.4. The Kier molecular flexibility index (Phi) is 4.81. The molecule has 66 valence electrons. The van der Waals surface area contributed by atoms with Gasteiger partial charge in [-0.05, 0) is 20.3 Å². The van der Waals surface area contributed by atoms with E-state index in [4.69, 9.17) is 15.6 Å². The summed E-state index contributed by atoms with van der Waals surface area (Å²) in [6, 6.07) is -0.692. The Morgan fingerprint density at radius 1 is 1.64 bits per heavy atom. The molecule has 1 atom stereocenters. The van der Waals surface area contributed by atoms with Crippen LogP contribution in [0.1, 0.15) is 20.3 Å². The van der Waals surface area contributed by atoms with Gasteiger partial charge < -0.3 is 15.6 Å². The minimum Gasteiger partial charge on any atom is -0.462 e. The van der Waals surface area contributed by atoms with Crippen molar-refractivity contribution in [1.29, 1.82) is 0 Å². The Labute approximate surface area is 66.3 Å². The van der Waals surface area contributed by atoms with Crippen LogP contribution in [0.3, 0.4) is 0 Å². The molecular weight excluding hydrogens is 146 g/mol. The van der Waals surface area contributed by atoms with E-state index in [0.717, 1.165) is 0 Å². The summed E-state index contributed by atoms with van der Waals surface area (Å²) >= 11 is 0. The number of aliphatic hydroxyl groups excluding tert-OH is 1. The number of aliphatic hydroxyl groups is 1. The Balaban J connectivity index is 3.64. The van der Waals surface area contributed by atoms with Gasteiger partial charge in [-0.1, -0.05) is 0 Å². The quantitative estimate of drug-likeness (QED) is 0.553. The van der Waals surface area contributed by atoms with Gasteiger partial charge in [-0.15, -0.1) is 0 Å². The van der Waals surface area contributed by atoms with Crippen LogP contribution in [0.25, 0.3) is 0 Å². The third-order valence-electron chi connectivity index (χ3n) is 1.09. The van der Waals surface area contributed by atoms with Gasteiger partial charge in [0.05, 0.1) is 6.10 Å². The van der Waals surface area contributed by atoms with Crippen LogP contribution < -0.4 is 5.73 Å². The van der Waals surface area contributed by atoms with Gasteiger partial charge in [0.1, 0.15) is 6.04 Å². The van der Waals surface area contributed by atoms with E-state index in [0.29, 0.717) is 0 Å². The van der Waals surface area contributed by atoms with Gasteiger partial charge in [-0.3, -0.25) is 4.79 Å². The Bertz CT molecular complexity index is 125. The SMILES string of the molecule is CC(C)OC(=O)[C@@H](N)CCO. The summed E-state index contributed by atoms with van der Waals surface area (Å²) in [5, 5.41) is 8.43. The summed E-state index contributed by atoms with van der Waals surface area (Å²) in [6.07, 6.45) is 0.109. The van der Waals surface area contributed by atoms with E-state index >= 15 is 0 Å². The monoisotopic (exact) mass is 161 g/mol. The number of nitrogens with two attached hydrogens (primary N) is 1. The van der Waals surface area contributed by atoms with Gasteiger partial charge in [-0.25, -0.2) is 0 Å². The lowest BCUT2D eigenvalue weighted by molar-refractivity contribution is -0.149. The molecule has 3 N–H and O–H groups in total. The fraction of sp³-hybridized carbons (Fsp3) is 0.857. The van der Waals surface area contributed by atoms with E-state index in [1.807, 2.05) is 0 Å².